The van der Waals surface area contributed by atoms with Gasteiger partial charge in [0.05, 0.1) is 23.9 Å². The van der Waals surface area contributed by atoms with Crippen molar-refractivity contribution in [2.75, 3.05) is 12.9 Å². The number of nitrogens with zero attached hydrogens (tertiary/aromatic N) is 2. The van der Waals surface area contributed by atoms with Crippen molar-refractivity contribution < 1.29 is 17.9 Å². The number of amides is 1. The molecule has 0 bridgehead atoms. The lowest BCUT2D eigenvalue weighted by Crippen LogP contribution is -2.26. The summed E-state index contributed by atoms with van der Waals surface area (Å²) >= 11 is 0. The Hall–Kier alpha value is -3.13. The third-order valence-electron chi connectivity index (χ3n) is 4.64. The van der Waals surface area contributed by atoms with Crippen LogP contribution in [0.25, 0.3) is 5.69 Å². The monoisotopic (exact) mass is 427 g/mol. The maximum absolute atomic E-state index is 12.2. The maximum Gasteiger partial charge on any atom is 0.220 e. The van der Waals surface area contributed by atoms with Crippen LogP contribution in [0.15, 0.2) is 72.1 Å². The Balaban J connectivity index is 1.41. The Morgan fingerprint density at radius 2 is 1.83 bits per heavy atom. The topological polar surface area (TPSA) is 90.3 Å². The summed E-state index contributed by atoms with van der Waals surface area (Å²) in [6.45, 7) is 2.32. The summed E-state index contributed by atoms with van der Waals surface area (Å²) < 4.78 is 30.4. The van der Waals surface area contributed by atoms with E-state index < -0.39 is 9.84 Å². The number of nitrogens with one attached hydrogen (secondary N) is 1. The largest absolute Gasteiger partial charge is 0.494 e. The molecule has 1 N–H and O–H groups in total. The SMILES string of the molecule is CC(NC(=O)CCCOc1ccc(S(C)(=O)=O)cc1)c1ccc(-n2ccnc2)cc1. The Kier molecular flexibility index (Phi) is 6.89. The van der Waals surface area contributed by atoms with Gasteiger partial charge in [-0.25, -0.2) is 13.4 Å². The quantitative estimate of drug-likeness (QED) is 0.529. The van der Waals surface area contributed by atoms with E-state index in [0.29, 0.717) is 25.2 Å². The van der Waals surface area contributed by atoms with Gasteiger partial charge in [0.25, 0.3) is 0 Å². The second kappa shape index (κ2) is 9.58. The Bertz CT molecular complexity index is 1060. The van der Waals surface area contributed by atoms with Crippen molar-refractivity contribution in [3.05, 3.63) is 72.8 Å². The first-order valence-electron chi connectivity index (χ1n) is 9.63. The molecule has 7 nitrogen and oxygen atoms in total. The molecule has 1 atom stereocenters. The van der Waals surface area contributed by atoms with E-state index in [4.69, 9.17) is 4.74 Å². The number of ether oxygens (including phenoxy) is 1. The number of imidazole rings is 1. The van der Waals surface area contributed by atoms with Gasteiger partial charge in [0.1, 0.15) is 5.75 Å². The molecule has 2 aromatic carbocycles. The zero-order chi connectivity index (χ0) is 21.6. The number of aromatic nitrogens is 2. The Labute approximate surface area is 176 Å². The van der Waals surface area contributed by atoms with Gasteiger partial charge in [0.15, 0.2) is 9.84 Å². The molecule has 0 aliphatic rings. The van der Waals surface area contributed by atoms with Crippen molar-refractivity contribution >= 4 is 15.7 Å². The van der Waals surface area contributed by atoms with Crippen LogP contribution in [0.1, 0.15) is 31.4 Å². The first-order valence-corrected chi connectivity index (χ1v) is 11.5. The molecule has 3 aromatic rings. The lowest BCUT2D eigenvalue weighted by atomic mass is 10.1. The molecule has 30 heavy (non-hydrogen) atoms. The third kappa shape index (κ3) is 5.93. The summed E-state index contributed by atoms with van der Waals surface area (Å²) in [5.41, 5.74) is 2.03. The second-order valence-corrected chi connectivity index (χ2v) is 9.06. The number of benzene rings is 2. The van der Waals surface area contributed by atoms with E-state index in [2.05, 4.69) is 10.3 Å². The van der Waals surface area contributed by atoms with Crippen molar-refractivity contribution in [2.45, 2.75) is 30.7 Å². The smallest absolute Gasteiger partial charge is 0.220 e. The van der Waals surface area contributed by atoms with Crippen LogP contribution in [-0.2, 0) is 14.6 Å². The van der Waals surface area contributed by atoms with E-state index in [-0.39, 0.29) is 16.8 Å². The number of sulfone groups is 1. The summed E-state index contributed by atoms with van der Waals surface area (Å²) in [7, 11) is -3.22. The lowest BCUT2D eigenvalue weighted by molar-refractivity contribution is -0.121. The van der Waals surface area contributed by atoms with Gasteiger partial charge in [-0.2, -0.15) is 0 Å². The molecule has 3 rings (SSSR count). The summed E-state index contributed by atoms with van der Waals surface area (Å²) in [6.07, 6.45) is 7.41. The average Bonchev–Trinajstić information content (AvgIpc) is 3.26. The number of carbonyl (C=O) groups excluding carboxylic acids is 1. The lowest BCUT2D eigenvalue weighted by Gasteiger charge is -2.15. The van der Waals surface area contributed by atoms with Crippen LogP contribution < -0.4 is 10.1 Å². The summed E-state index contributed by atoms with van der Waals surface area (Å²) in [5.74, 6) is 0.534. The highest BCUT2D eigenvalue weighted by atomic mass is 32.2. The fraction of sp³-hybridized carbons (Fsp3) is 0.273. The molecule has 0 saturated carbocycles. The molecule has 8 heteroatoms. The minimum absolute atomic E-state index is 0.0442. The van der Waals surface area contributed by atoms with Gasteiger partial charge in [0, 0.05) is 30.8 Å². The van der Waals surface area contributed by atoms with Crippen LogP contribution in [-0.4, -0.2) is 36.7 Å². The molecule has 1 heterocycles. The fourth-order valence-electron chi connectivity index (χ4n) is 2.95. The predicted molar refractivity (Wildman–Crippen MR) is 114 cm³/mol. The van der Waals surface area contributed by atoms with Crippen LogP contribution in [0.3, 0.4) is 0 Å². The van der Waals surface area contributed by atoms with Crippen molar-refractivity contribution in [3.63, 3.8) is 0 Å². The van der Waals surface area contributed by atoms with E-state index in [1.165, 1.54) is 12.1 Å². The van der Waals surface area contributed by atoms with Gasteiger partial charge in [-0.15, -0.1) is 0 Å². The molecular formula is C22H25N3O4S. The van der Waals surface area contributed by atoms with Gasteiger partial charge in [-0.3, -0.25) is 4.79 Å². The second-order valence-electron chi connectivity index (χ2n) is 7.05. The van der Waals surface area contributed by atoms with E-state index in [0.717, 1.165) is 17.5 Å². The van der Waals surface area contributed by atoms with Crippen LogP contribution in [0, 0.1) is 0 Å². The molecular weight excluding hydrogens is 402 g/mol. The molecule has 1 unspecified atom stereocenters. The maximum atomic E-state index is 12.2. The number of hydrogen-bond acceptors (Lipinski definition) is 5. The molecule has 0 fully saturated rings. The molecule has 0 spiro atoms. The van der Waals surface area contributed by atoms with Gasteiger partial charge in [-0.05, 0) is 55.3 Å². The van der Waals surface area contributed by atoms with E-state index >= 15 is 0 Å². The molecule has 1 amide bonds. The third-order valence-corrected chi connectivity index (χ3v) is 5.77. The highest BCUT2D eigenvalue weighted by Gasteiger charge is 2.10. The summed E-state index contributed by atoms with van der Waals surface area (Å²) in [4.78, 5) is 16.5. The summed E-state index contributed by atoms with van der Waals surface area (Å²) in [6, 6.07) is 14.1. The first-order chi connectivity index (χ1) is 14.3. The minimum atomic E-state index is -3.22. The van der Waals surface area contributed by atoms with Gasteiger partial charge in [0.2, 0.25) is 5.91 Å². The van der Waals surface area contributed by atoms with Crippen molar-refractivity contribution in [1.82, 2.24) is 14.9 Å². The molecule has 1 aromatic heterocycles. The molecule has 158 valence electrons. The highest BCUT2D eigenvalue weighted by Crippen LogP contribution is 2.17. The predicted octanol–water partition coefficient (Wildman–Crippen LogP) is 3.31. The number of rotatable bonds is 9. The number of hydrogen-bond donors (Lipinski definition) is 1. The van der Waals surface area contributed by atoms with Crippen LogP contribution in [0.2, 0.25) is 0 Å². The minimum Gasteiger partial charge on any atom is -0.494 e. The van der Waals surface area contributed by atoms with E-state index in [9.17, 15) is 13.2 Å². The first kappa shape index (κ1) is 21.6. The Morgan fingerprint density at radius 3 is 2.43 bits per heavy atom. The van der Waals surface area contributed by atoms with E-state index in [1.54, 1.807) is 24.7 Å². The van der Waals surface area contributed by atoms with Crippen LogP contribution >= 0.6 is 0 Å². The normalized spacial score (nSPS) is 12.3. The average molecular weight is 428 g/mol. The molecule has 0 saturated heterocycles. The Morgan fingerprint density at radius 1 is 1.13 bits per heavy atom. The van der Waals surface area contributed by atoms with Crippen LogP contribution in [0.5, 0.6) is 5.75 Å². The zero-order valence-corrected chi connectivity index (χ0v) is 17.8. The van der Waals surface area contributed by atoms with Gasteiger partial charge >= 0.3 is 0 Å². The highest BCUT2D eigenvalue weighted by molar-refractivity contribution is 7.90. The van der Waals surface area contributed by atoms with Crippen molar-refractivity contribution in [3.8, 4) is 11.4 Å². The van der Waals surface area contributed by atoms with Gasteiger partial charge in [-0.1, -0.05) is 12.1 Å². The molecule has 0 radical (unpaired) electrons. The standard InChI is InChI=1S/C22H25N3O4S/c1-17(18-5-7-19(8-6-18)25-14-13-23-16-25)24-22(26)4-3-15-29-20-9-11-21(12-10-20)30(2,27)28/h5-14,16-17H,3-4,15H2,1-2H3,(H,24,26). The fourth-order valence-corrected chi connectivity index (χ4v) is 3.58. The van der Waals surface area contributed by atoms with Crippen LogP contribution in [0.4, 0.5) is 0 Å². The van der Waals surface area contributed by atoms with Gasteiger partial charge < -0.3 is 14.6 Å². The zero-order valence-electron chi connectivity index (χ0n) is 17.0. The number of carbonyl (C=O) groups is 1. The molecule has 0 aliphatic carbocycles. The van der Waals surface area contributed by atoms with Crippen molar-refractivity contribution in [2.24, 2.45) is 0 Å². The molecule has 0 aliphatic heterocycles. The summed E-state index contributed by atoms with van der Waals surface area (Å²) in [5, 5.41) is 2.99. The van der Waals surface area contributed by atoms with Crippen molar-refractivity contribution in [1.29, 1.82) is 0 Å². The van der Waals surface area contributed by atoms with E-state index in [1.807, 2.05) is 42.0 Å².